The van der Waals surface area contributed by atoms with Gasteiger partial charge in [-0.15, -0.1) is 0 Å². The molecule has 2 aromatic rings. The number of nitrogens with zero attached hydrogens (tertiary/aromatic N) is 2. The molecule has 5 heteroatoms. The van der Waals surface area contributed by atoms with Crippen molar-refractivity contribution in [3.05, 3.63) is 41.6 Å². The quantitative estimate of drug-likeness (QED) is 0.846. The largest absolute Gasteiger partial charge is 0.497 e. The summed E-state index contributed by atoms with van der Waals surface area (Å²) in [7, 11) is 3.40. The van der Waals surface area contributed by atoms with Crippen LogP contribution in [0.2, 0.25) is 0 Å². The van der Waals surface area contributed by atoms with E-state index < -0.39 is 0 Å². The number of hydrogen-bond donors (Lipinski definition) is 1. The van der Waals surface area contributed by atoms with Gasteiger partial charge >= 0.3 is 0 Å². The van der Waals surface area contributed by atoms with Gasteiger partial charge in [0.05, 0.1) is 12.7 Å². The van der Waals surface area contributed by atoms with Gasteiger partial charge in [-0.1, -0.05) is 11.8 Å². The van der Waals surface area contributed by atoms with Crippen molar-refractivity contribution >= 4 is 11.7 Å². The van der Waals surface area contributed by atoms with Crippen LogP contribution in [0.15, 0.2) is 30.5 Å². The Kier molecular flexibility index (Phi) is 4.06. The zero-order valence-electron chi connectivity index (χ0n) is 11.6. The Bertz CT molecular complexity index is 675. The lowest BCUT2D eigenvalue weighted by molar-refractivity contribution is -0.114. The lowest BCUT2D eigenvalue weighted by Gasteiger charge is -1.98. The predicted molar refractivity (Wildman–Crippen MR) is 76.5 cm³/mol. The van der Waals surface area contributed by atoms with Crippen molar-refractivity contribution < 1.29 is 9.53 Å². The van der Waals surface area contributed by atoms with Crippen molar-refractivity contribution in [3.63, 3.8) is 0 Å². The average Bonchev–Trinajstić information content (AvgIpc) is 2.76. The molecule has 0 radical (unpaired) electrons. The lowest BCUT2D eigenvalue weighted by Crippen LogP contribution is -2.07. The van der Waals surface area contributed by atoms with Gasteiger partial charge in [-0.25, -0.2) is 0 Å². The van der Waals surface area contributed by atoms with Crippen LogP contribution in [-0.2, 0) is 11.8 Å². The molecule has 2 rings (SSSR count). The number of carbonyl (C=O) groups excluding carboxylic acids is 1. The number of carbonyl (C=O) groups is 1. The number of nitrogens with one attached hydrogen (secondary N) is 1. The summed E-state index contributed by atoms with van der Waals surface area (Å²) in [5, 5.41) is 6.81. The van der Waals surface area contributed by atoms with Crippen molar-refractivity contribution in [3.8, 4) is 17.6 Å². The van der Waals surface area contributed by atoms with Gasteiger partial charge in [-0.05, 0) is 24.3 Å². The van der Waals surface area contributed by atoms with Gasteiger partial charge in [0.2, 0.25) is 5.91 Å². The minimum atomic E-state index is -0.170. The fourth-order valence-corrected chi connectivity index (χ4v) is 1.65. The molecule has 1 N–H and O–H groups in total. The Hall–Kier alpha value is -2.74. The first-order valence-electron chi connectivity index (χ1n) is 6.06. The van der Waals surface area contributed by atoms with Gasteiger partial charge in [0.1, 0.15) is 5.75 Å². The maximum atomic E-state index is 11.1. The highest BCUT2D eigenvalue weighted by molar-refractivity contribution is 5.89. The standard InChI is InChI=1S/C15H15N3O2/c1-11(19)16-15-13(10-18(2)17-15)7-4-12-5-8-14(20-3)9-6-12/h5-6,8-10H,1-3H3,(H,16,17,19). The molecule has 20 heavy (non-hydrogen) atoms. The first-order chi connectivity index (χ1) is 9.58. The van der Waals surface area contributed by atoms with Gasteiger partial charge in [0.25, 0.3) is 0 Å². The third kappa shape index (κ3) is 3.39. The van der Waals surface area contributed by atoms with Crippen molar-refractivity contribution in [2.75, 3.05) is 12.4 Å². The Balaban J connectivity index is 2.25. The van der Waals surface area contributed by atoms with Crippen molar-refractivity contribution in [1.29, 1.82) is 0 Å². The fourth-order valence-electron chi connectivity index (χ4n) is 1.65. The number of hydrogen-bond acceptors (Lipinski definition) is 3. The van der Waals surface area contributed by atoms with E-state index in [2.05, 4.69) is 22.3 Å². The topological polar surface area (TPSA) is 56.1 Å². The van der Waals surface area contributed by atoms with E-state index >= 15 is 0 Å². The van der Waals surface area contributed by atoms with Crippen LogP contribution >= 0.6 is 0 Å². The molecule has 0 bridgehead atoms. The molecule has 0 aliphatic carbocycles. The number of aromatic nitrogens is 2. The van der Waals surface area contributed by atoms with E-state index in [1.54, 1.807) is 25.0 Å². The van der Waals surface area contributed by atoms with E-state index in [1.165, 1.54) is 6.92 Å². The maximum Gasteiger partial charge on any atom is 0.222 e. The second kappa shape index (κ2) is 5.93. The van der Waals surface area contributed by atoms with Crippen LogP contribution in [-0.4, -0.2) is 22.8 Å². The number of amides is 1. The van der Waals surface area contributed by atoms with Crippen LogP contribution in [0, 0.1) is 11.8 Å². The van der Waals surface area contributed by atoms with Gasteiger partial charge in [-0.3, -0.25) is 9.48 Å². The van der Waals surface area contributed by atoms with Crippen molar-refractivity contribution in [2.24, 2.45) is 7.05 Å². The third-order valence-corrected chi connectivity index (χ3v) is 2.55. The molecule has 0 aliphatic heterocycles. The Morgan fingerprint density at radius 2 is 2.00 bits per heavy atom. The summed E-state index contributed by atoms with van der Waals surface area (Å²) in [4.78, 5) is 11.1. The van der Waals surface area contributed by atoms with Crippen molar-refractivity contribution in [1.82, 2.24) is 9.78 Å². The molecule has 0 saturated carbocycles. The molecule has 5 nitrogen and oxygen atoms in total. The molecule has 102 valence electrons. The summed E-state index contributed by atoms with van der Waals surface area (Å²) in [5.74, 6) is 7.12. The van der Waals surface area contributed by atoms with Gasteiger partial charge in [0.15, 0.2) is 5.82 Å². The Labute approximate surface area is 117 Å². The van der Waals surface area contributed by atoms with E-state index in [9.17, 15) is 4.79 Å². The zero-order chi connectivity index (χ0) is 14.5. The molecule has 0 atom stereocenters. The maximum absolute atomic E-state index is 11.1. The number of anilines is 1. The smallest absolute Gasteiger partial charge is 0.222 e. The van der Waals surface area contributed by atoms with E-state index in [0.717, 1.165) is 11.3 Å². The molecule has 0 aliphatic rings. The van der Waals surface area contributed by atoms with Crippen molar-refractivity contribution in [2.45, 2.75) is 6.92 Å². The van der Waals surface area contributed by atoms with Crippen LogP contribution in [0.1, 0.15) is 18.1 Å². The Morgan fingerprint density at radius 3 is 2.60 bits per heavy atom. The minimum Gasteiger partial charge on any atom is -0.497 e. The van der Waals surface area contributed by atoms with Crippen LogP contribution < -0.4 is 10.1 Å². The third-order valence-electron chi connectivity index (χ3n) is 2.55. The van der Waals surface area contributed by atoms with E-state index in [0.29, 0.717) is 11.4 Å². The highest BCUT2D eigenvalue weighted by atomic mass is 16.5. The second-order valence-electron chi connectivity index (χ2n) is 4.22. The summed E-state index contributed by atoms with van der Waals surface area (Å²) in [6, 6.07) is 7.45. The van der Waals surface area contributed by atoms with Gasteiger partial charge in [-0.2, -0.15) is 5.10 Å². The molecular weight excluding hydrogens is 254 g/mol. The monoisotopic (exact) mass is 269 g/mol. The molecule has 0 fully saturated rings. The van der Waals surface area contributed by atoms with Crippen LogP contribution in [0.25, 0.3) is 0 Å². The highest BCUT2D eigenvalue weighted by Crippen LogP contribution is 2.13. The van der Waals surface area contributed by atoms with E-state index in [4.69, 9.17) is 4.74 Å². The minimum absolute atomic E-state index is 0.170. The van der Waals surface area contributed by atoms with E-state index in [-0.39, 0.29) is 5.91 Å². The molecule has 1 aromatic heterocycles. The summed E-state index contributed by atoms with van der Waals surface area (Å²) >= 11 is 0. The molecule has 0 unspecified atom stereocenters. The molecule has 1 heterocycles. The van der Waals surface area contributed by atoms with E-state index in [1.807, 2.05) is 24.3 Å². The molecule has 1 aromatic carbocycles. The SMILES string of the molecule is COc1ccc(C#Cc2cn(C)nc2NC(C)=O)cc1. The normalized spacial score (nSPS) is 9.55. The predicted octanol–water partition coefficient (Wildman–Crippen LogP) is 1.79. The zero-order valence-corrected chi connectivity index (χ0v) is 11.6. The van der Waals surface area contributed by atoms with Crippen LogP contribution in [0.5, 0.6) is 5.75 Å². The first kappa shape index (κ1) is 13.7. The lowest BCUT2D eigenvalue weighted by atomic mass is 10.2. The summed E-state index contributed by atoms with van der Waals surface area (Å²) in [6.07, 6.45) is 1.77. The summed E-state index contributed by atoms with van der Waals surface area (Å²) in [5.41, 5.74) is 1.54. The first-order valence-corrected chi connectivity index (χ1v) is 6.06. The average molecular weight is 269 g/mol. The highest BCUT2D eigenvalue weighted by Gasteiger charge is 2.06. The Morgan fingerprint density at radius 1 is 1.30 bits per heavy atom. The number of ether oxygens (including phenoxy) is 1. The molecule has 0 spiro atoms. The van der Waals surface area contributed by atoms with Gasteiger partial charge < -0.3 is 10.1 Å². The summed E-state index contributed by atoms with van der Waals surface area (Å²) < 4.78 is 6.70. The summed E-state index contributed by atoms with van der Waals surface area (Å²) in [6.45, 7) is 1.44. The number of aryl methyl sites for hydroxylation is 1. The fraction of sp³-hybridized carbons (Fsp3) is 0.200. The number of rotatable bonds is 2. The molecular formula is C15H15N3O2. The van der Waals surface area contributed by atoms with Crippen LogP contribution in [0.3, 0.4) is 0 Å². The molecule has 0 saturated heterocycles. The number of benzene rings is 1. The van der Waals surface area contributed by atoms with Crippen LogP contribution in [0.4, 0.5) is 5.82 Å². The second-order valence-corrected chi connectivity index (χ2v) is 4.22. The molecule has 1 amide bonds. The number of methoxy groups -OCH3 is 1. The van der Waals surface area contributed by atoms with Gasteiger partial charge in [0, 0.05) is 25.7 Å².